The Kier molecular flexibility index (Phi) is 4.73. The zero-order chi connectivity index (χ0) is 19.6. The maximum absolute atomic E-state index is 13.0. The minimum Gasteiger partial charge on any atom is -0.378 e. The Balaban J connectivity index is 1.32. The van der Waals surface area contributed by atoms with Crippen molar-refractivity contribution in [2.45, 2.75) is 13.0 Å². The lowest BCUT2D eigenvalue weighted by molar-refractivity contribution is 0.0731. The molecule has 1 saturated heterocycles. The number of amides is 1. The Hall–Kier alpha value is -3.19. The summed E-state index contributed by atoms with van der Waals surface area (Å²) < 4.78 is 7.43. The highest BCUT2D eigenvalue weighted by atomic mass is 16.5. The van der Waals surface area contributed by atoms with E-state index in [0.717, 1.165) is 42.4 Å². The zero-order valence-corrected chi connectivity index (χ0v) is 16.2. The van der Waals surface area contributed by atoms with Gasteiger partial charge in [-0.25, -0.2) is 9.97 Å². The molecule has 0 N–H and O–H groups in total. The van der Waals surface area contributed by atoms with Gasteiger partial charge in [-0.15, -0.1) is 0 Å². The van der Waals surface area contributed by atoms with E-state index in [0.29, 0.717) is 31.9 Å². The molecule has 2 aliphatic rings. The lowest BCUT2D eigenvalue weighted by Gasteiger charge is -2.30. The van der Waals surface area contributed by atoms with Crippen LogP contribution in [0.3, 0.4) is 0 Å². The summed E-state index contributed by atoms with van der Waals surface area (Å²) in [5, 5.41) is 0. The Morgan fingerprint density at radius 1 is 1.00 bits per heavy atom. The second-order valence-electron chi connectivity index (χ2n) is 7.36. The molecule has 0 aliphatic carbocycles. The molecule has 1 aromatic carbocycles. The van der Waals surface area contributed by atoms with Gasteiger partial charge in [0, 0.05) is 49.5 Å². The van der Waals surface area contributed by atoms with Gasteiger partial charge in [0.15, 0.2) is 0 Å². The summed E-state index contributed by atoms with van der Waals surface area (Å²) in [7, 11) is 0. The largest absolute Gasteiger partial charge is 0.378 e. The Morgan fingerprint density at radius 2 is 1.76 bits per heavy atom. The number of anilines is 1. The summed E-state index contributed by atoms with van der Waals surface area (Å²) in [5.74, 6) is 0.777. The molecule has 7 nitrogen and oxygen atoms in total. The summed E-state index contributed by atoms with van der Waals surface area (Å²) in [6.07, 6.45) is 6.68. The van der Waals surface area contributed by atoms with Gasteiger partial charge in [-0.2, -0.15) is 0 Å². The van der Waals surface area contributed by atoms with Gasteiger partial charge >= 0.3 is 0 Å². The number of benzene rings is 1. The van der Waals surface area contributed by atoms with Crippen LogP contribution in [0.1, 0.15) is 21.6 Å². The number of ether oxygens (including phenoxy) is 1. The van der Waals surface area contributed by atoms with E-state index in [1.165, 1.54) is 0 Å². The fourth-order valence-corrected chi connectivity index (χ4v) is 3.85. The van der Waals surface area contributed by atoms with Crippen LogP contribution in [0.2, 0.25) is 0 Å². The van der Waals surface area contributed by atoms with Gasteiger partial charge in [0.25, 0.3) is 5.91 Å². The molecule has 0 unspecified atom stereocenters. The second kappa shape index (κ2) is 7.67. The summed E-state index contributed by atoms with van der Waals surface area (Å²) in [5.41, 5.74) is 3.82. The summed E-state index contributed by atoms with van der Waals surface area (Å²) in [6, 6.07) is 11.7. The molecule has 2 aromatic heterocycles. The van der Waals surface area contributed by atoms with E-state index in [4.69, 9.17) is 9.72 Å². The number of nitrogens with zero attached hydrogens (tertiary/aromatic N) is 5. The van der Waals surface area contributed by atoms with Crippen LogP contribution < -0.4 is 4.90 Å². The van der Waals surface area contributed by atoms with Crippen molar-refractivity contribution in [1.82, 2.24) is 19.4 Å². The van der Waals surface area contributed by atoms with Gasteiger partial charge < -0.3 is 19.1 Å². The van der Waals surface area contributed by atoms with Crippen LogP contribution in [0.5, 0.6) is 0 Å². The van der Waals surface area contributed by atoms with E-state index in [2.05, 4.69) is 9.88 Å². The van der Waals surface area contributed by atoms with Gasteiger partial charge in [-0.05, 0) is 48.4 Å². The third kappa shape index (κ3) is 3.61. The normalized spacial score (nSPS) is 16.6. The van der Waals surface area contributed by atoms with Crippen LogP contribution >= 0.6 is 0 Å². The first-order chi connectivity index (χ1) is 14.3. The number of rotatable bonds is 3. The van der Waals surface area contributed by atoms with Crippen LogP contribution in [0.15, 0.2) is 55.0 Å². The molecule has 0 saturated carbocycles. The van der Waals surface area contributed by atoms with E-state index < -0.39 is 0 Å². The zero-order valence-electron chi connectivity index (χ0n) is 16.2. The van der Waals surface area contributed by atoms with E-state index in [-0.39, 0.29) is 5.91 Å². The quantitative estimate of drug-likeness (QED) is 0.688. The number of hydrogen-bond acceptors (Lipinski definition) is 5. The topological polar surface area (TPSA) is 63.5 Å². The van der Waals surface area contributed by atoms with E-state index in [1.807, 2.05) is 64.5 Å². The van der Waals surface area contributed by atoms with Crippen LogP contribution in [0.25, 0.3) is 5.69 Å². The highest BCUT2D eigenvalue weighted by Gasteiger charge is 2.24. The average molecular weight is 389 g/mol. The number of carbonyl (C=O) groups is 1. The van der Waals surface area contributed by atoms with Crippen LogP contribution in [-0.2, 0) is 17.7 Å². The molecule has 29 heavy (non-hydrogen) atoms. The van der Waals surface area contributed by atoms with E-state index in [1.54, 1.807) is 0 Å². The van der Waals surface area contributed by atoms with Crippen molar-refractivity contribution in [2.75, 3.05) is 37.7 Å². The van der Waals surface area contributed by atoms with Gasteiger partial charge in [0.2, 0.25) is 5.95 Å². The molecule has 7 heteroatoms. The minimum absolute atomic E-state index is 0.0428. The second-order valence-corrected chi connectivity index (χ2v) is 7.36. The monoisotopic (exact) mass is 389 g/mol. The number of fused-ring (bicyclic) bond motifs is 1. The average Bonchev–Trinajstić information content (AvgIpc) is 3.33. The molecule has 1 fully saturated rings. The molecule has 0 atom stereocenters. The number of morpholine rings is 1. The Morgan fingerprint density at radius 3 is 2.52 bits per heavy atom. The lowest BCUT2D eigenvalue weighted by atomic mass is 10.1. The highest BCUT2D eigenvalue weighted by Crippen LogP contribution is 2.22. The predicted molar refractivity (Wildman–Crippen MR) is 109 cm³/mol. The fourth-order valence-electron chi connectivity index (χ4n) is 3.85. The first-order valence-corrected chi connectivity index (χ1v) is 9.98. The molecule has 0 radical (unpaired) electrons. The molecular formula is C22H23N5O2. The fraction of sp³-hybridized carbons (Fsp3) is 0.318. The highest BCUT2D eigenvalue weighted by molar-refractivity contribution is 5.94. The van der Waals surface area contributed by atoms with Crippen LogP contribution in [0, 0.1) is 0 Å². The number of aromatic nitrogens is 3. The molecule has 2 aliphatic heterocycles. The van der Waals surface area contributed by atoms with Crippen molar-refractivity contribution in [3.05, 3.63) is 71.8 Å². The smallest absolute Gasteiger partial charge is 0.254 e. The SMILES string of the molecule is O=C(c1ccc(-n2cccc2)cc1)N1CCc2cnc(N3CCOCC3)nc2C1. The van der Waals surface area contributed by atoms with Gasteiger partial charge in [-0.3, -0.25) is 4.79 Å². The summed E-state index contributed by atoms with van der Waals surface area (Å²) in [4.78, 5) is 26.4. The lowest BCUT2D eigenvalue weighted by Crippen LogP contribution is -2.39. The van der Waals surface area contributed by atoms with Gasteiger partial charge in [0.05, 0.1) is 25.5 Å². The molecule has 0 bridgehead atoms. The maximum Gasteiger partial charge on any atom is 0.254 e. The molecular weight excluding hydrogens is 366 g/mol. The first-order valence-electron chi connectivity index (χ1n) is 9.98. The summed E-state index contributed by atoms with van der Waals surface area (Å²) >= 11 is 0. The van der Waals surface area contributed by atoms with E-state index in [9.17, 15) is 4.79 Å². The van der Waals surface area contributed by atoms with Crippen molar-refractivity contribution in [3.8, 4) is 5.69 Å². The minimum atomic E-state index is 0.0428. The van der Waals surface area contributed by atoms with Gasteiger partial charge in [0.1, 0.15) is 0 Å². The van der Waals surface area contributed by atoms with Crippen molar-refractivity contribution < 1.29 is 9.53 Å². The van der Waals surface area contributed by atoms with E-state index >= 15 is 0 Å². The predicted octanol–water partition coefficient (Wildman–Crippen LogP) is 2.30. The molecule has 3 aromatic rings. The molecule has 4 heterocycles. The Labute approximate surface area is 169 Å². The molecule has 148 valence electrons. The molecule has 5 rings (SSSR count). The van der Waals surface area contributed by atoms with Crippen LogP contribution in [-0.4, -0.2) is 58.2 Å². The van der Waals surface area contributed by atoms with Crippen molar-refractivity contribution in [1.29, 1.82) is 0 Å². The molecule has 1 amide bonds. The Bertz CT molecular complexity index is 995. The first kappa shape index (κ1) is 17.9. The standard InChI is InChI=1S/C22H23N5O2/c28-21(17-3-5-19(6-4-17)25-8-1-2-9-25)27-10-7-18-15-23-22(24-20(18)16-27)26-11-13-29-14-12-26/h1-6,8-9,15H,7,10-14,16H2. The van der Waals surface area contributed by atoms with Crippen molar-refractivity contribution >= 4 is 11.9 Å². The molecule has 0 spiro atoms. The number of carbonyl (C=O) groups excluding carboxylic acids is 1. The maximum atomic E-state index is 13.0. The summed E-state index contributed by atoms with van der Waals surface area (Å²) in [6.45, 7) is 4.21. The van der Waals surface area contributed by atoms with Gasteiger partial charge in [-0.1, -0.05) is 0 Å². The number of hydrogen-bond donors (Lipinski definition) is 0. The van der Waals surface area contributed by atoms with Crippen molar-refractivity contribution in [3.63, 3.8) is 0 Å². The third-order valence-electron chi connectivity index (χ3n) is 5.53. The third-order valence-corrected chi connectivity index (χ3v) is 5.53. The van der Waals surface area contributed by atoms with Crippen LogP contribution in [0.4, 0.5) is 5.95 Å². The van der Waals surface area contributed by atoms with Crippen molar-refractivity contribution in [2.24, 2.45) is 0 Å².